The number of hydrogen-bond acceptors (Lipinski definition) is 4. The summed E-state index contributed by atoms with van der Waals surface area (Å²) in [6, 6.07) is 26.8. The van der Waals surface area contributed by atoms with Crippen molar-refractivity contribution in [3.8, 4) is 23.0 Å². The number of phenolic OH excluding ortho intramolecular Hbond substituents is 4. The number of aromatic hydroxyl groups is 4. The van der Waals surface area contributed by atoms with Crippen molar-refractivity contribution in [3.05, 3.63) is 108 Å². The molecule has 0 unspecified atom stereocenters. The van der Waals surface area contributed by atoms with Gasteiger partial charge in [0, 0.05) is 27.8 Å². The Morgan fingerprint density at radius 2 is 0.968 bits per heavy atom. The lowest BCUT2D eigenvalue weighted by atomic mass is 9.82. The third-order valence-corrected chi connectivity index (χ3v) is 5.77. The molecule has 4 N–H and O–H groups in total. The van der Waals surface area contributed by atoms with Crippen molar-refractivity contribution >= 4 is 21.5 Å². The molecule has 0 aromatic heterocycles. The van der Waals surface area contributed by atoms with Crippen LogP contribution in [-0.4, -0.2) is 20.4 Å². The van der Waals surface area contributed by atoms with Crippen LogP contribution in [0.1, 0.15) is 22.6 Å². The quantitative estimate of drug-likeness (QED) is 0.276. The van der Waals surface area contributed by atoms with Gasteiger partial charge in [0.25, 0.3) is 0 Å². The van der Waals surface area contributed by atoms with Crippen molar-refractivity contribution in [2.75, 3.05) is 0 Å². The van der Waals surface area contributed by atoms with E-state index >= 15 is 0 Å². The monoisotopic (exact) mass is 408 g/mol. The summed E-state index contributed by atoms with van der Waals surface area (Å²) in [6.07, 6.45) is 0. The van der Waals surface area contributed by atoms with Gasteiger partial charge in [-0.05, 0) is 52.7 Å². The fraction of sp³-hybridized carbons (Fsp3) is 0.0370. The maximum absolute atomic E-state index is 11.2. The smallest absolute Gasteiger partial charge is 0.127 e. The highest BCUT2D eigenvalue weighted by molar-refractivity contribution is 5.93. The summed E-state index contributed by atoms with van der Waals surface area (Å²) >= 11 is 0. The fourth-order valence-electron chi connectivity index (χ4n) is 4.27. The zero-order valence-corrected chi connectivity index (χ0v) is 16.5. The van der Waals surface area contributed by atoms with E-state index in [-0.39, 0.29) is 23.0 Å². The van der Waals surface area contributed by atoms with Gasteiger partial charge >= 0.3 is 0 Å². The van der Waals surface area contributed by atoms with Gasteiger partial charge in [0.15, 0.2) is 0 Å². The number of benzene rings is 5. The highest BCUT2D eigenvalue weighted by Crippen LogP contribution is 2.45. The second kappa shape index (κ2) is 7.26. The Balaban J connectivity index is 1.79. The van der Waals surface area contributed by atoms with Gasteiger partial charge < -0.3 is 20.4 Å². The molecular formula is C27H20O4. The molecule has 0 radical (unpaired) electrons. The molecule has 0 aliphatic rings. The molecule has 5 aromatic carbocycles. The molecule has 0 heterocycles. The van der Waals surface area contributed by atoms with Gasteiger partial charge in [-0.1, -0.05) is 54.6 Å². The van der Waals surface area contributed by atoms with Gasteiger partial charge in [-0.25, -0.2) is 0 Å². The molecule has 31 heavy (non-hydrogen) atoms. The van der Waals surface area contributed by atoms with Crippen molar-refractivity contribution in [2.45, 2.75) is 5.92 Å². The number of phenols is 4. The van der Waals surface area contributed by atoms with E-state index in [0.717, 1.165) is 16.3 Å². The number of fused-ring (bicyclic) bond motifs is 2. The van der Waals surface area contributed by atoms with E-state index in [1.165, 1.54) is 0 Å². The summed E-state index contributed by atoms with van der Waals surface area (Å²) < 4.78 is 0. The Morgan fingerprint density at radius 1 is 0.484 bits per heavy atom. The summed E-state index contributed by atoms with van der Waals surface area (Å²) in [7, 11) is 0. The molecular weight excluding hydrogens is 388 g/mol. The van der Waals surface area contributed by atoms with Crippen molar-refractivity contribution < 1.29 is 20.4 Å². The van der Waals surface area contributed by atoms with Crippen LogP contribution in [0.3, 0.4) is 0 Å². The van der Waals surface area contributed by atoms with E-state index < -0.39 is 5.92 Å². The minimum absolute atomic E-state index is 0.108. The molecule has 0 aliphatic carbocycles. The number of rotatable bonds is 3. The molecule has 152 valence electrons. The average Bonchev–Trinajstić information content (AvgIpc) is 2.77. The van der Waals surface area contributed by atoms with Crippen molar-refractivity contribution in [1.82, 2.24) is 0 Å². The Bertz CT molecular complexity index is 1330. The van der Waals surface area contributed by atoms with E-state index in [2.05, 4.69) is 0 Å². The Hall–Kier alpha value is -4.18. The molecule has 0 fully saturated rings. The Morgan fingerprint density at radius 3 is 1.45 bits per heavy atom. The minimum Gasteiger partial charge on any atom is -0.508 e. The maximum atomic E-state index is 11.2. The van der Waals surface area contributed by atoms with Crippen molar-refractivity contribution in [2.24, 2.45) is 0 Å². The van der Waals surface area contributed by atoms with Crippen LogP contribution in [0.25, 0.3) is 21.5 Å². The normalized spacial score (nSPS) is 11.4. The SMILES string of the molecule is Oc1ccc2c(O)c(C(c3ccccc3)c3ccc4cc(O)ccc4c3O)ccc2c1. The standard InChI is InChI=1S/C27H20O4/c28-19-8-12-21-17(14-19)6-10-23(26(21)30)25(16-4-2-1-3-5-16)24-11-7-18-15-20(29)9-13-22(18)27(24)31/h1-15,25,28-31H. The van der Waals surface area contributed by atoms with E-state index in [0.29, 0.717) is 21.9 Å². The first-order chi connectivity index (χ1) is 15.0. The first kappa shape index (κ1) is 18.8. The molecule has 0 amide bonds. The summed E-state index contributed by atoms with van der Waals surface area (Å²) in [4.78, 5) is 0. The van der Waals surface area contributed by atoms with Gasteiger partial charge in [-0.3, -0.25) is 0 Å². The van der Waals surface area contributed by atoms with Crippen LogP contribution < -0.4 is 0 Å². The summed E-state index contributed by atoms with van der Waals surface area (Å²) in [5, 5.41) is 44.6. The van der Waals surface area contributed by atoms with Crippen LogP contribution >= 0.6 is 0 Å². The molecule has 0 aliphatic heterocycles. The molecule has 4 nitrogen and oxygen atoms in total. The Kier molecular flexibility index (Phi) is 4.41. The Labute approximate surface area is 178 Å². The van der Waals surface area contributed by atoms with Crippen molar-refractivity contribution in [3.63, 3.8) is 0 Å². The summed E-state index contributed by atoms with van der Waals surface area (Å²) in [5.41, 5.74) is 2.22. The van der Waals surface area contributed by atoms with Crippen molar-refractivity contribution in [1.29, 1.82) is 0 Å². The predicted molar refractivity (Wildman–Crippen MR) is 122 cm³/mol. The minimum atomic E-state index is -0.419. The zero-order valence-electron chi connectivity index (χ0n) is 16.5. The van der Waals surface area contributed by atoms with Gasteiger partial charge in [-0.15, -0.1) is 0 Å². The van der Waals surface area contributed by atoms with Crippen LogP contribution in [0.5, 0.6) is 23.0 Å². The van der Waals surface area contributed by atoms with Crippen LogP contribution in [0.2, 0.25) is 0 Å². The lowest BCUT2D eigenvalue weighted by Gasteiger charge is -2.22. The number of hydrogen-bond donors (Lipinski definition) is 4. The third kappa shape index (κ3) is 3.19. The third-order valence-electron chi connectivity index (χ3n) is 5.77. The van der Waals surface area contributed by atoms with Gasteiger partial charge in [-0.2, -0.15) is 0 Å². The molecule has 4 heteroatoms. The first-order valence-corrected chi connectivity index (χ1v) is 9.97. The molecule has 5 aromatic rings. The molecule has 0 spiro atoms. The topological polar surface area (TPSA) is 80.9 Å². The zero-order chi connectivity index (χ0) is 21.5. The average molecular weight is 408 g/mol. The van der Waals surface area contributed by atoms with Crippen LogP contribution in [0.15, 0.2) is 91.0 Å². The van der Waals surface area contributed by atoms with E-state index in [9.17, 15) is 20.4 Å². The highest BCUT2D eigenvalue weighted by Gasteiger charge is 2.25. The van der Waals surface area contributed by atoms with E-state index in [4.69, 9.17) is 0 Å². The van der Waals surface area contributed by atoms with Crippen LogP contribution in [0.4, 0.5) is 0 Å². The summed E-state index contributed by atoms with van der Waals surface area (Å²) in [6.45, 7) is 0. The molecule has 0 bridgehead atoms. The lowest BCUT2D eigenvalue weighted by molar-refractivity contribution is 0.465. The second-order valence-electron chi connectivity index (χ2n) is 7.66. The lowest BCUT2D eigenvalue weighted by Crippen LogP contribution is -2.04. The summed E-state index contributed by atoms with van der Waals surface area (Å²) in [5.74, 6) is 0.0649. The van der Waals surface area contributed by atoms with Gasteiger partial charge in [0.1, 0.15) is 23.0 Å². The molecule has 0 saturated carbocycles. The fourth-order valence-corrected chi connectivity index (χ4v) is 4.27. The molecule has 0 atom stereocenters. The first-order valence-electron chi connectivity index (χ1n) is 9.97. The second-order valence-corrected chi connectivity index (χ2v) is 7.66. The van der Waals surface area contributed by atoms with Crippen LogP contribution in [0, 0.1) is 0 Å². The predicted octanol–water partition coefficient (Wildman–Crippen LogP) is 6.00. The van der Waals surface area contributed by atoms with Crippen LogP contribution in [-0.2, 0) is 0 Å². The maximum Gasteiger partial charge on any atom is 0.127 e. The molecule has 0 saturated heterocycles. The largest absolute Gasteiger partial charge is 0.508 e. The van der Waals surface area contributed by atoms with Gasteiger partial charge in [0.05, 0.1) is 0 Å². The van der Waals surface area contributed by atoms with E-state index in [1.807, 2.05) is 54.6 Å². The van der Waals surface area contributed by atoms with Gasteiger partial charge in [0.2, 0.25) is 0 Å². The van der Waals surface area contributed by atoms with E-state index in [1.54, 1.807) is 36.4 Å². The molecule has 5 rings (SSSR count). The highest BCUT2D eigenvalue weighted by atomic mass is 16.3.